The molecule has 2 heteroatoms. The van der Waals surface area contributed by atoms with Crippen molar-refractivity contribution in [3.63, 3.8) is 0 Å². The Labute approximate surface area is 128 Å². The molecule has 3 atom stereocenters. The van der Waals surface area contributed by atoms with Gasteiger partial charge in [0.1, 0.15) is 0 Å². The first-order chi connectivity index (χ1) is 10.1. The average molecular weight is 284 g/mol. The van der Waals surface area contributed by atoms with Crippen LogP contribution in [0.2, 0.25) is 0 Å². The van der Waals surface area contributed by atoms with Gasteiger partial charge in [0.25, 0.3) is 0 Å². The summed E-state index contributed by atoms with van der Waals surface area (Å²) in [6.45, 7) is 5.45. The van der Waals surface area contributed by atoms with E-state index in [4.69, 9.17) is 5.73 Å². The minimum atomic E-state index is 0.506. The van der Waals surface area contributed by atoms with Crippen molar-refractivity contribution < 1.29 is 0 Å². The molecule has 1 fully saturated rings. The summed E-state index contributed by atoms with van der Waals surface area (Å²) in [6.07, 6.45) is 5.47. The summed E-state index contributed by atoms with van der Waals surface area (Å²) in [5, 5.41) is 1.41. The highest BCUT2D eigenvalue weighted by atomic mass is 14.9. The lowest BCUT2D eigenvalue weighted by Crippen LogP contribution is -2.29. The van der Waals surface area contributed by atoms with Crippen molar-refractivity contribution in [2.75, 3.05) is 6.54 Å². The van der Waals surface area contributed by atoms with Gasteiger partial charge in [-0.3, -0.25) is 0 Å². The Bertz CT molecular complexity index is 626. The fraction of sp³-hybridized carbons (Fsp3) is 0.579. The van der Waals surface area contributed by atoms with Gasteiger partial charge >= 0.3 is 0 Å². The molecule has 3 rings (SSSR count). The third-order valence-corrected chi connectivity index (χ3v) is 5.77. The number of nitrogens with two attached hydrogens (primary N) is 1. The van der Waals surface area contributed by atoms with E-state index in [0.29, 0.717) is 5.92 Å². The van der Waals surface area contributed by atoms with Gasteiger partial charge in [-0.05, 0) is 43.4 Å². The van der Waals surface area contributed by atoms with Gasteiger partial charge < -0.3 is 10.3 Å². The Balaban J connectivity index is 2.10. The third-order valence-electron chi connectivity index (χ3n) is 5.77. The number of hydrogen-bond acceptors (Lipinski definition) is 1. The molecule has 1 aromatic heterocycles. The van der Waals surface area contributed by atoms with Crippen LogP contribution in [0.4, 0.5) is 0 Å². The summed E-state index contributed by atoms with van der Waals surface area (Å²) in [7, 11) is 2.18. The van der Waals surface area contributed by atoms with Crippen molar-refractivity contribution in [1.82, 2.24) is 4.57 Å². The maximum Gasteiger partial charge on any atom is 0.0482 e. The van der Waals surface area contributed by atoms with E-state index in [1.807, 2.05) is 0 Å². The first-order valence-electron chi connectivity index (χ1n) is 8.39. The predicted octanol–water partition coefficient (Wildman–Crippen LogP) is 4.36. The van der Waals surface area contributed by atoms with Crippen molar-refractivity contribution in [2.45, 2.75) is 45.4 Å². The number of aromatic nitrogens is 1. The number of aryl methyl sites for hydroxylation is 1. The molecule has 0 bridgehead atoms. The van der Waals surface area contributed by atoms with Crippen LogP contribution in [0.15, 0.2) is 24.3 Å². The van der Waals surface area contributed by atoms with E-state index in [0.717, 1.165) is 18.4 Å². The maximum atomic E-state index is 6.26. The lowest BCUT2D eigenvalue weighted by atomic mass is 9.70. The van der Waals surface area contributed by atoms with E-state index in [1.54, 1.807) is 0 Å². The molecule has 0 spiro atoms. The lowest BCUT2D eigenvalue weighted by molar-refractivity contribution is 0.219. The van der Waals surface area contributed by atoms with Crippen LogP contribution in [0.5, 0.6) is 0 Å². The normalized spacial score (nSPS) is 24.4. The molecule has 2 N–H and O–H groups in total. The van der Waals surface area contributed by atoms with Crippen LogP contribution < -0.4 is 5.73 Å². The first-order valence-corrected chi connectivity index (χ1v) is 8.39. The Morgan fingerprint density at radius 3 is 2.67 bits per heavy atom. The van der Waals surface area contributed by atoms with Crippen LogP contribution in [0.25, 0.3) is 10.9 Å². The van der Waals surface area contributed by atoms with E-state index in [1.165, 1.54) is 47.8 Å². The van der Waals surface area contributed by atoms with Gasteiger partial charge in [-0.1, -0.05) is 44.4 Å². The second-order valence-electron chi connectivity index (χ2n) is 6.84. The lowest BCUT2D eigenvalue weighted by Gasteiger charge is -2.35. The zero-order valence-corrected chi connectivity index (χ0v) is 13.6. The van der Waals surface area contributed by atoms with Gasteiger partial charge in [0.05, 0.1) is 0 Å². The van der Waals surface area contributed by atoms with Crippen LogP contribution in [0.1, 0.15) is 49.8 Å². The van der Waals surface area contributed by atoms with Crippen molar-refractivity contribution in [3.05, 3.63) is 35.5 Å². The van der Waals surface area contributed by atoms with Gasteiger partial charge in [0, 0.05) is 29.6 Å². The minimum absolute atomic E-state index is 0.506. The molecule has 21 heavy (non-hydrogen) atoms. The molecule has 1 saturated carbocycles. The molecule has 0 amide bonds. The van der Waals surface area contributed by atoms with Crippen LogP contribution >= 0.6 is 0 Å². The van der Waals surface area contributed by atoms with E-state index < -0.39 is 0 Å². The molecule has 1 aliphatic rings. The van der Waals surface area contributed by atoms with E-state index in [-0.39, 0.29) is 0 Å². The smallest absolute Gasteiger partial charge is 0.0482 e. The van der Waals surface area contributed by atoms with Gasteiger partial charge in [-0.2, -0.15) is 0 Å². The van der Waals surface area contributed by atoms with Crippen LogP contribution in [-0.4, -0.2) is 11.1 Å². The SMILES string of the molecule is Cc1c(C(CN)C2CCCCC2C)c2ccccc2n1C. The summed E-state index contributed by atoms with van der Waals surface area (Å²) in [5.74, 6) is 2.05. The molecule has 0 radical (unpaired) electrons. The fourth-order valence-electron chi connectivity index (χ4n) is 4.47. The molecule has 2 aromatic rings. The summed E-state index contributed by atoms with van der Waals surface area (Å²) < 4.78 is 2.33. The van der Waals surface area contributed by atoms with Gasteiger partial charge in [-0.15, -0.1) is 0 Å². The molecular weight excluding hydrogens is 256 g/mol. The Morgan fingerprint density at radius 2 is 1.95 bits per heavy atom. The van der Waals surface area contributed by atoms with Crippen LogP contribution in [0, 0.1) is 18.8 Å². The highest BCUT2D eigenvalue weighted by Gasteiger charge is 2.32. The molecule has 114 valence electrons. The topological polar surface area (TPSA) is 30.9 Å². The molecule has 0 saturated heterocycles. The monoisotopic (exact) mass is 284 g/mol. The molecular formula is C19H28N2. The molecule has 0 aliphatic heterocycles. The summed E-state index contributed by atoms with van der Waals surface area (Å²) in [5.41, 5.74) is 10.5. The average Bonchev–Trinajstić information content (AvgIpc) is 2.75. The highest BCUT2D eigenvalue weighted by Crippen LogP contribution is 2.43. The third kappa shape index (κ3) is 2.40. The van der Waals surface area contributed by atoms with Crippen LogP contribution in [-0.2, 0) is 7.05 Å². The number of fused-ring (bicyclic) bond motifs is 1. The molecule has 1 heterocycles. The van der Waals surface area contributed by atoms with Crippen LogP contribution in [0.3, 0.4) is 0 Å². The van der Waals surface area contributed by atoms with Crippen molar-refractivity contribution in [3.8, 4) is 0 Å². The maximum absolute atomic E-state index is 6.26. The Hall–Kier alpha value is -1.28. The first kappa shape index (κ1) is 14.6. The summed E-state index contributed by atoms with van der Waals surface area (Å²) in [4.78, 5) is 0. The van der Waals surface area contributed by atoms with Crippen molar-refractivity contribution in [1.29, 1.82) is 0 Å². The molecule has 1 aliphatic carbocycles. The second kappa shape index (κ2) is 5.84. The number of para-hydroxylation sites is 1. The molecule has 1 aromatic carbocycles. The highest BCUT2D eigenvalue weighted by molar-refractivity contribution is 5.86. The van der Waals surface area contributed by atoms with E-state index >= 15 is 0 Å². The largest absolute Gasteiger partial charge is 0.348 e. The molecule has 2 nitrogen and oxygen atoms in total. The summed E-state index contributed by atoms with van der Waals surface area (Å²) in [6, 6.07) is 8.78. The van der Waals surface area contributed by atoms with Gasteiger partial charge in [0.2, 0.25) is 0 Å². The quantitative estimate of drug-likeness (QED) is 0.892. The zero-order valence-electron chi connectivity index (χ0n) is 13.6. The van der Waals surface area contributed by atoms with E-state index in [2.05, 4.69) is 49.7 Å². The summed E-state index contributed by atoms with van der Waals surface area (Å²) >= 11 is 0. The zero-order chi connectivity index (χ0) is 15.0. The number of rotatable bonds is 3. The Morgan fingerprint density at radius 1 is 1.24 bits per heavy atom. The number of nitrogens with zero attached hydrogens (tertiary/aromatic N) is 1. The fourth-order valence-corrected chi connectivity index (χ4v) is 4.47. The Kier molecular flexibility index (Phi) is 4.08. The molecule has 3 unspecified atom stereocenters. The van der Waals surface area contributed by atoms with Crippen molar-refractivity contribution in [2.24, 2.45) is 24.6 Å². The predicted molar refractivity (Wildman–Crippen MR) is 90.6 cm³/mol. The standard InChI is InChI=1S/C19H28N2/c1-13-8-4-5-9-15(13)17(12-20)19-14(2)21(3)18-11-7-6-10-16(18)19/h6-7,10-11,13,15,17H,4-5,8-9,12,20H2,1-3H3. The van der Waals surface area contributed by atoms with Crippen molar-refractivity contribution >= 4 is 10.9 Å². The van der Waals surface area contributed by atoms with Gasteiger partial charge in [0.15, 0.2) is 0 Å². The van der Waals surface area contributed by atoms with Gasteiger partial charge in [-0.25, -0.2) is 0 Å². The second-order valence-corrected chi connectivity index (χ2v) is 6.84. The number of benzene rings is 1. The van der Waals surface area contributed by atoms with E-state index in [9.17, 15) is 0 Å². The number of hydrogen-bond donors (Lipinski definition) is 1. The minimum Gasteiger partial charge on any atom is -0.348 e.